The second-order valence-electron chi connectivity index (χ2n) is 6.64. The number of carbonyl (C=O) groups is 2. The predicted octanol–water partition coefficient (Wildman–Crippen LogP) is 1.74. The van der Waals surface area contributed by atoms with Crippen LogP contribution in [0.2, 0.25) is 0 Å². The van der Waals surface area contributed by atoms with Crippen molar-refractivity contribution in [1.29, 1.82) is 0 Å². The van der Waals surface area contributed by atoms with Gasteiger partial charge in [0.15, 0.2) is 0 Å². The molecule has 1 aliphatic rings. The lowest BCUT2D eigenvalue weighted by molar-refractivity contribution is -0.118. The number of benzene rings is 1. The zero-order valence-electron chi connectivity index (χ0n) is 15.6. The maximum Gasteiger partial charge on any atom is 0.254 e. The highest BCUT2D eigenvalue weighted by Gasteiger charge is 2.27. The molecule has 7 heteroatoms. The monoisotopic (exact) mass is 379 g/mol. The fourth-order valence-electron chi connectivity index (χ4n) is 3.05. The number of nitrogens with zero attached hydrogens (tertiary/aromatic N) is 1. The van der Waals surface area contributed by atoms with E-state index in [0.717, 1.165) is 24.3 Å². The maximum atomic E-state index is 13.0. The average molecular weight is 380 g/mol. The third kappa shape index (κ3) is 6.00. The van der Waals surface area contributed by atoms with Crippen molar-refractivity contribution >= 4 is 23.6 Å². The Morgan fingerprint density at radius 3 is 2.92 bits per heavy atom. The summed E-state index contributed by atoms with van der Waals surface area (Å²) >= 11 is 1.39. The minimum atomic E-state index is -0.0655. The summed E-state index contributed by atoms with van der Waals surface area (Å²) in [5.74, 6) is 0.581. The summed E-state index contributed by atoms with van der Waals surface area (Å²) in [5.41, 5.74) is 6.69. The molecule has 1 aromatic rings. The molecule has 1 aliphatic heterocycles. The molecule has 2 amide bonds. The van der Waals surface area contributed by atoms with E-state index in [4.69, 9.17) is 10.5 Å². The fraction of sp³-hybridized carbons (Fsp3) is 0.579. The van der Waals surface area contributed by atoms with Gasteiger partial charge in [0.2, 0.25) is 5.91 Å². The summed E-state index contributed by atoms with van der Waals surface area (Å²) in [7, 11) is 1.60. The smallest absolute Gasteiger partial charge is 0.254 e. The first-order chi connectivity index (χ1) is 12.5. The summed E-state index contributed by atoms with van der Waals surface area (Å²) in [6, 6.07) is 7.58. The van der Waals surface area contributed by atoms with E-state index in [2.05, 4.69) is 5.32 Å². The number of piperidine rings is 1. The predicted molar refractivity (Wildman–Crippen MR) is 104 cm³/mol. The van der Waals surface area contributed by atoms with Crippen LogP contribution in [-0.4, -0.2) is 61.9 Å². The first-order valence-electron chi connectivity index (χ1n) is 9.05. The first-order valence-corrected chi connectivity index (χ1v) is 10.0. The van der Waals surface area contributed by atoms with Crippen molar-refractivity contribution in [2.24, 2.45) is 11.7 Å². The summed E-state index contributed by atoms with van der Waals surface area (Å²) in [6.45, 7) is 4.44. The molecule has 2 atom stereocenters. The topological polar surface area (TPSA) is 84.7 Å². The van der Waals surface area contributed by atoms with Crippen molar-refractivity contribution in [3.8, 4) is 0 Å². The van der Waals surface area contributed by atoms with Gasteiger partial charge in [-0.2, -0.15) is 0 Å². The van der Waals surface area contributed by atoms with Gasteiger partial charge in [0.05, 0.1) is 17.9 Å². The van der Waals surface area contributed by atoms with E-state index < -0.39 is 0 Å². The van der Waals surface area contributed by atoms with Crippen LogP contribution in [0.15, 0.2) is 29.2 Å². The van der Waals surface area contributed by atoms with Gasteiger partial charge in [0.25, 0.3) is 5.91 Å². The molecule has 144 valence electrons. The lowest BCUT2D eigenvalue weighted by Crippen LogP contribution is -2.45. The highest BCUT2D eigenvalue weighted by atomic mass is 32.2. The van der Waals surface area contributed by atoms with Crippen molar-refractivity contribution in [1.82, 2.24) is 10.2 Å². The van der Waals surface area contributed by atoms with Crippen LogP contribution >= 0.6 is 11.8 Å². The number of likely N-dealkylation sites (tertiary alicyclic amines) is 1. The van der Waals surface area contributed by atoms with Crippen LogP contribution < -0.4 is 11.1 Å². The van der Waals surface area contributed by atoms with E-state index in [-0.39, 0.29) is 23.6 Å². The summed E-state index contributed by atoms with van der Waals surface area (Å²) in [4.78, 5) is 27.6. The van der Waals surface area contributed by atoms with Crippen LogP contribution in [0, 0.1) is 5.92 Å². The third-order valence-corrected chi connectivity index (χ3v) is 5.67. The molecule has 2 unspecified atom stereocenters. The second kappa shape index (κ2) is 10.5. The number of thioether (sulfide) groups is 1. The molecular formula is C19H29N3O3S. The Bertz CT molecular complexity index is 609. The van der Waals surface area contributed by atoms with E-state index >= 15 is 0 Å². The van der Waals surface area contributed by atoms with Crippen LogP contribution in [0.3, 0.4) is 0 Å². The van der Waals surface area contributed by atoms with Gasteiger partial charge in [-0.25, -0.2) is 0 Å². The molecule has 0 radical (unpaired) electrons. The van der Waals surface area contributed by atoms with Crippen molar-refractivity contribution in [3.63, 3.8) is 0 Å². The molecule has 0 aromatic heterocycles. The van der Waals surface area contributed by atoms with Gasteiger partial charge in [0.1, 0.15) is 0 Å². The SMILES string of the molecule is COCCNC(=O)CSc1ccccc1C(=O)N1CCCC(C(C)N)C1. The number of amides is 2. The Hall–Kier alpha value is -1.57. The van der Waals surface area contributed by atoms with E-state index in [1.54, 1.807) is 7.11 Å². The van der Waals surface area contributed by atoms with Gasteiger partial charge < -0.3 is 20.7 Å². The van der Waals surface area contributed by atoms with Gasteiger partial charge in [-0.05, 0) is 37.8 Å². The summed E-state index contributed by atoms with van der Waals surface area (Å²) < 4.78 is 4.92. The standard InChI is InChI=1S/C19H29N3O3S/c1-14(20)15-6-5-10-22(12-15)19(24)16-7-3-4-8-17(16)26-13-18(23)21-9-11-25-2/h3-4,7-8,14-15H,5-6,9-13,20H2,1-2H3,(H,21,23). The molecule has 26 heavy (non-hydrogen) atoms. The van der Waals surface area contributed by atoms with Gasteiger partial charge >= 0.3 is 0 Å². The van der Waals surface area contributed by atoms with E-state index in [1.807, 2.05) is 36.1 Å². The van der Waals surface area contributed by atoms with Crippen LogP contribution in [0.25, 0.3) is 0 Å². The number of hydrogen-bond acceptors (Lipinski definition) is 5. The molecule has 2 rings (SSSR count). The van der Waals surface area contributed by atoms with Crippen molar-refractivity contribution in [2.45, 2.75) is 30.7 Å². The van der Waals surface area contributed by atoms with E-state index in [9.17, 15) is 9.59 Å². The van der Waals surface area contributed by atoms with Crippen LogP contribution in [-0.2, 0) is 9.53 Å². The third-order valence-electron chi connectivity index (χ3n) is 4.59. The number of nitrogens with one attached hydrogen (secondary N) is 1. The highest BCUT2D eigenvalue weighted by Crippen LogP contribution is 2.26. The number of carbonyl (C=O) groups excluding carboxylic acids is 2. The zero-order chi connectivity index (χ0) is 18.9. The molecule has 1 saturated heterocycles. The minimum absolute atomic E-state index is 0.0261. The number of ether oxygens (including phenoxy) is 1. The Morgan fingerprint density at radius 2 is 2.19 bits per heavy atom. The number of nitrogens with two attached hydrogens (primary N) is 1. The Labute approximate surface area is 159 Å². The molecule has 6 nitrogen and oxygen atoms in total. The fourth-order valence-corrected chi connectivity index (χ4v) is 3.92. The van der Waals surface area contributed by atoms with E-state index in [1.165, 1.54) is 11.8 Å². The Kier molecular flexibility index (Phi) is 8.41. The van der Waals surface area contributed by atoms with E-state index in [0.29, 0.717) is 31.2 Å². The van der Waals surface area contributed by atoms with Crippen molar-refractivity contribution in [3.05, 3.63) is 29.8 Å². The normalized spacial score (nSPS) is 18.4. The quantitative estimate of drug-likeness (QED) is 0.531. The first kappa shape index (κ1) is 20.7. The molecule has 0 aliphatic carbocycles. The van der Waals surface area contributed by atoms with Crippen LogP contribution in [0.4, 0.5) is 0 Å². The minimum Gasteiger partial charge on any atom is -0.383 e. The lowest BCUT2D eigenvalue weighted by Gasteiger charge is -2.35. The Balaban J connectivity index is 1.99. The lowest BCUT2D eigenvalue weighted by atomic mass is 9.92. The summed E-state index contributed by atoms with van der Waals surface area (Å²) in [6.07, 6.45) is 2.05. The molecule has 0 bridgehead atoms. The molecule has 1 fully saturated rings. The van der Waals surface area contributed by atoms with Crippen molar-refractivity contribution < 1.29 is 14.3 Å². The molecule has 0 spiro atoms. The van der Waals surface area contributed by atoms with Gasteiger partial charge in [0, 0.05) is 37.7 Å². The number of hydrogen-bond donors (Lipinski definition) is 2. The number of methoxy groups -OCH3 is 1. The largest absolute Gasteiger partial charge is 0.383 e. The second-order valence-corrected chi connectivity index (χ2v) is 7.66. The number of rotatable bonds is 8. The summed E-state index contributed by atoms with van der Waals surface area (Å²) in [5, 5.41) is 2.79. The van der Waals surface area contributed by atoms with Gasteiger partial charge in [-0.1, -0.05) is 12.1 Å². The highest BCUT2D eigenvalue weighted by molar-refractivity contribution is 8.00. The molecule has 3 N–H and O–H groups in total. The molecule has 1 aromatic carbocycles. The van der Waals surface area contributed by atoms with Crippen LogP contribution in [0.1, 0.15) is 30.1 Å². The van der Waals surface area contributed by atoms with Gasteiger partial charge in [-0.15, -0.1) is 11.8 Å². The zero-order valence-corrected chi connectivity index (χ0v) is 16.4. The van der Waals surface area contributed by atoms with Gasteiger partial charge in [-0.3, -0.25) is 9.59 Å². The average Bonchev–Trinajstić information content (AvgIpc) is 2.66. The van der Waals surface area contributed by atoms with Crippen LogP contribution in [0.5, 0.6) is 0 Å². The van der Waals surface area contributed by atoms with Crippen molar-refractivity contribution in [2.75, 3.05) is 39.1 Å². The molecular weight excluding hydrogens is 350 g/mol. The molecule has 1 heterocycles. The maximum absolute atomic E-state index is 13.0. The Morgan fingerprint density at radius 1 is 1.42 bits per heavy atom. The molecule has 0 saturated carbocycles.